The average Bonchev–Trinajstić information content (AvgIpc) is 2.49. The number of likely N-dealkylation sites (N-methyl/N-ethyl adjacent to an activating group) is 1. The molecule has 0 bridgehead atoms. The fraction of sp³-hybridized carbons (Fsp3) is 0.533. The van der Waals surface area contributed by atoms with Crippen LogP contribution in [0, 0.1) is 0 Å². The number of hydrogen-bond donors (Lipinski definition) is 2. The minimum absolute atomic E-state index is 0.0880. The van der Waals surface area contributed by atoms with Crippen molar-refractivity contribution in [1.29, 1.82) is 0 Å². The summed E-state index contributed by atoms with van der Waals surface area (Å²) in [6, 6.07) is 7.51. The zero-order chi connectivity index (χ0) is 15.2. The van der Waals surface area contributed by atoms with Gasteiger partial charge in [-0.1, -0.05) is 12.1 Å². The fourth-order valence-corrected chi connectivity index (χ4v) is 2.27. The highest BCUT2D eigenvalue weighted by Crippen LogP contribution is 2.13. The molecule has 1 heterocycles. The first kappa shape index (κ1) is 15.8. The van der Waals surface area contributed by atoms with E-state index in [2.05, 4.69) is 0 Å². The van der Waals surface area contributed by atoms with Crippen molar-refractivity contribution in [2.75, 3.05) is 39.8 Å². The maximum absolute atomic E-state index is 11.6. The monoisotopic (exact) mass is 293 g/mol. The van der Waals surface area contributed by atoms with Crippen LogP contribution in [0.3, 0.4) is 0 Å². The Kier molecular flexibility index (Phi) is 5.55. The fourth-order valence-electron chi connectivity index (χ4n) is 2.27. The number of nitrogens with two attached hydrogens (primary N) is 1. The van der Waals surface area contributed by atoms with Crippen LogP contribution in [0.1, 0.15) is 5.56 Å². The summed E-state index contributed by atoms with van der Waals surface area (Å²) in [6.07, 6.45) is -0.622. The molecule has 0 spiro atoms. The SMILES string of the molecule is CN1CCN(CC(O)COc2cccc(CN)c2)CC1=O. The Balaban J connectivity index is 1.76. The molecule has 0 aliphatic carbocycles. The lowest BCUT2D eigenvalue weighted by molar-refractivity contribution is -0.135. The highest BCUT2D eigenvalue weighted by molar-refractivity contribution is 5.78. The van der Waals surface area contributed by atoms with Crippen LogP contribution in [0.25, 0.3) is 0 Å². The van der Waals surface area contributed by atoms with Gasteiger partial charge in [-0.3, -0.25) is 9.69 Å². The van der Waals surface area contributed by atoms with Crippen molar-refractivity contribution in [3.63, 3.8) is 0 Å². The molecular weight excluding hydrogens is 270 g/mol. The molecule has 1 saturated heterocycles. The van der Waals surface area contributed by atoms with E-state index in [1.807, 2.05) is 29.2 Å². The van der Waals surface area contributed by atoms with E-state index in [-0.39, 0.29) is 12.5 Å². The van der Waals surface area contributed by atoms with Crippen LogP contribution in [-0.2, 0) is 11.3 Å². The lowest BCUT2D eigenvalue weighted by atomic mass is 10.2. The van der Waals surface area contributed by atoms with E-state index >= 15 is 0 Å². The summed E-state index contributed by atoms with van der Waals surface area (Å²) < 4.78 is 5.57. The Labute approximate surface area is 125 Å². The number of aliphatic hydroxyl groups excluding tert-OH is 1. The number of benzene rings is 1. The summed E-state index contributed by atoms with van der Waals surface area (Å²) >= 11 is 0. The van der Waals surface area contributed by atoms with E-state index in [4.69, 9.17) is 10.5 Å². The largest absolute Gasteiger partial charge is 0.491 e. The second-order valence-electron chi connectivity index (χ2n) is 5.37. The number of aliphatic hydroxyl groups is 1. The Morgan fingerprint density at radius 2 is 2.24 bits per heavy atom. The number of nitrogens with zero attached hydrogens (tertiary/aromatic N) is 2. The van der Waals surface area contributed by atoms with Gasteiger partial charge in [-0.2, -0.15) is 0 Å². The zero-order valence-corrected chi connectivity index (χ0v) is 12.4. The average molecular weight is 293 g/mol. The van der Waals surface area contributed by atoms with Gasteiger partial charge >= 0.3 is 0 Å². The van der Waals surface area contributed by atoms with E-state index < -0.39 is 6.10 Å². The van der Waals surface area contributed by atoms with E-state index in [0.29, 0.717) is 31.9 Å². The summed E-state index contributed by atoms with van der Waals surface area (Å²) in [5.41, 5.74) is 6.57. The molecule has 1 atom stereocenters. The molecule has 21 heavy (non-hydrogen) atoms. The smallest absolute Gasteiger partial charge is 0.236 e. The molecule has 1 amide bonds. The number of ether oxygens (including phenoxy) is 1. The number of rotatable bonds is 6. The van der Waals surface area contributed by atoms with Crippen LogP contribution in [-0.4, -0.2) is 66.8 Å². The normalized spacial score (nSPS) is 17.9. The van der Waals surface area contributed by atoms with Gasteiger partial charge in [0.15, 0.2) is 0 Å². The quantitative estimate of drug-likeness (QED) is 0.750. The molecule has 3 N–H and O–H groups in total. The molecule has 1 fully saturated rings. The van der Waals surface area contributed by atoms with Gasteiger partial charge in [-0.25, -0.2) is 0 Å². The standard InChI is InChI=1S/C15H23N3O3/c1-17-5-6-18(10-15(17)20)9-13(19)11-21-14-4-2-3-12(7-14)8-16/h2-4,7,13,19H,5-6,8-11,16H2,1H3. The number of hydrogen-bond acceptors (Lipinski definition) is 5. The molecule has 1 aromatic rings. The maximum Gasteiger partial charge on any atom is 0.236 e. The molecule has 0 aromatic heterocycles. The summed E-state index contributed by atoms with van der Waals surface area (Å²) in [5, 5.41) is 10.0. The Hall–Kier alpha value is -1.63. The highest BCUT2D eigenvalue weighted by Gasteiger charge is 2.22. The summed E-state index contributed by atoms with van der Waals surface area (Å²) in [4.78, 5) is 15.3. The van der Waals surface area contributed by atoms with Crippen molar-refractivity contribution in [2.45, 2.75) is 12.6 Å². The summed E-state index contributed by atoms with van der Waals surface area (Å²) in [6.45, 7) is 2.94. The van der Waals surface area contributed by atoms with Crippen molar-refractivity contribution in [3.05, 3.63) is 29.8 Å². The number of piperazine rings is 1. The Bertz CT molecular complexity index is 481. The van der Waals surface area contributed by atoms with Crippen LogP contribution in [0.2, 0.25) is 0 Å². The molecule has 1 unspecified atom stereocenters. The Morgan fingerprint density at radius 3 is 2.95 bits per heavy atom. The first-order valence-corrected chi connectivity index (χ1v) is 7.14. The third-order valence-corrected chi connectivity index (χ3v) is 3.58. The first-order chi connectivity index (χ1) is 10.1. The van der Waals surface area contributed by atoms with Crippen LogP contribution < -0.4 is 10.5 Å². The lowest BCUT2D eigenvalue weighted by Gasteiger charge is -2.32. The third kappa shape index (κ3) is 4.70. The van der Waals surface area contributed by atoms with Crippen molar-refractivity contribution >= 4 is 5.91 Å². The molecule has 1 aliphatic rings. The minimum Gasteiger partial charge on any atom is -0.491 e. The molecule has 1 aromatic carbocycles. The number of carbonyl (C=O) groups is 1. The van der Waals surface area contributed by atoms with E-state index in [1.165, 1.54) is 0 Å². The van der Waals surface area contributed by atoms with Crippen molar-refractivity contribution < 1.29 is 14.6 Å². The molecular formula is C15H23N3O3. The van der Waals surface area contributed by atoms with Gasteiger partial charge in [-0.05, 0) is 17.7 Å². The second-order valence-corrected chi connectivity index (χ2v) is 5.37. The number of β-amino-alcohol motifs (C(OH)–C–C–N with tert-alkyl or cyclic N) is 1. The first-order valence-electron chi connectivity index (χ1n) is 7.14. The van der Waals surface area contributed by atoms with Crippen LogP contribution >= 0.6 is 0 Å². The topological polar surface area (TPSA) is 79.0 Å². The molecule has 1 aliphatic heterocycles. The molecule has 0 saturated carbocycles. The van der Waals surface area contributed by atoms with Gasteiger partial charge in [0.2, 0.25) is 5.91 Å². The minimum atomic E-state index is -0.622. The molecule has 6 nitrogen and oxygen atoms in total. The zero-order valence-electron chi connectivity index (χ0n) is 12.4. The highest BCUT2D eigenvalue weighted by atomic mass is 16.5. The van der Waals surface area contributed by atoms with Crippen LogP contribution in [0.4, 0.5) is 0 Å². The maximum atomic E-state index is 11.6. The van der Waals surface area contributed by atoms with Crippen LogP contribution in [0.5, 0.6) is 5.75 Å². The van der Waals surface area contributed by atoms with Gasteiger partial charge in [-0.15, -0.1) is 0 Å². The predicted molar refractivity (Wildman–Crippen MR) is 79.9 cm³/mol. The van der Waals surface area contributed by atoms with Crippen molar-refractivity contribution in [3.8, 4) is 5.75 Å². The molecule has 0 radical (unpaired) electrons. The predicted octanol–water partition coefficient (Wildman–Crippen LogP) is -0.341. The van der Waals surface area contributed by atoms with Crippen molar-refractivity contribution in [1.82, 2.24) is 9.80 Å². The Morgan fingerprint density at radius 1 is 1.43 bits per heavy atom. The van der Waals surface area contributed by atoms with Gasteiger partial charge in [0.05, 0.1) is 6.54 Å². The molecule has 6 heteroatoms. The van der Waals surface area contributed by atoms with Gasteiger partial charge in [0, 0.05) is 33.2 Å². The van der Waals surface area contributed by atoms with Crippen LogP contribution in [0.15, 0.2) is 24.3 Å². The van der Waals surface area contributed by atoms with Crippen molar-refractivity contribution in [2.24, 2.45) is 5.73 Å². The third-order valence-electron chi connectivity index (χ3n) is 3.58. The number of amides is 1. The summed E-state index contributed by atoms with van der Waals surface area (Å²) in [7, 11) is 1.80. The molecule has 116 valence electrons. The second kappa shape index (κ2) is 7.40. The van der Waals surface area contributed by atoms with Gasteiger partial charge < -0.3 is 20.5 Å². The van der Waals surface area contributed by atoms with E-state index in [9.17, 15) is 9.90 Å². The number of carbonyl (C=O) groups excluding carboxylic acids is 1. The van der Waals surface area contributed by atoms with Gasteiger partial charge in [0.25, 0.3) is 0 Å². The van der Waals surface area contributed by atoms with E-state index in [0.717, 1.165) is 12.1 Å². The van der Waals surface area contributed by atoms with E-state index in [1.54, 1.807) is 11.9 Å². The van der Waals surface area contributed by atoms with Gasteiger partial charge in [0.1, 0.15) is 18.5 Å². The molecule has 2 rings (SSSR count). The summed E-state index contributed by atoms with van der Waals surface area (Å²) in [5.74, 6) is 0.788. The lowest BCUT2D eigenvalue weighted by Crippen LogP contribution is -2.51.